The molecule has 0 heterocycles. The van der Waals surface area contributed by atoms with E-state index in [0.29, 0.717) is 5.56 Å². The predicted molar refractivity (Wildman–Crippen MR) is 76.5 cm³/mol. The van der Waals surface area contributed by atoms with Crippen molar-refractivity contribution in [1.29, 1.82) is 0 Å². The first kappa shape index (κ1) is 16.7. The van der Waals surface area contributed by atoms with Crippen LogP contribution < -0.4 is 0 Å². The summed E-state index contributed by atoms with van der Waals surface area (Å²) in [5.41, 5.74) is -0.254. The Morgan fingerprint density at radius 1 is 1.20 bits per heavy atom. The molecule has 1 aromatic rings. The average Bonchev–Trinajstić information content (AvgIpc) is 2.44. The third-order valence-corrected chi connectivity index (χ3v) is 5.15. The standard InChI is InChI=1S/C14H19NO4S/c1-14(2,11-17)15(3)20(18,19)13-8-6-12(7-9-13)5-4-10-16/h6-9,16-17H,10-11H2,1-3H3. The molecule has 0 saturated heterocycles. The summed E-state index contributed by atoms with van der Waals surface area (Å²) in [5.74, 6) is 5.19. The second-order valence-corrected chi connectivity index (χ2v) is 6.90. The summed E-state index contributed by atoms with van der Waals surface area (Å²) in [5, 5.41) is 17.9. The van der Waals surface area contributed by atoms with Crippen molar-refractivity contribution >= 4 is 10.0 Å². The van der Waals surface area contributed by atoms with E-state index in [4.69, 9.17) is 5.11 Å². The van der Waals surface area contributed by atoms with Gasteiger partial charge in [-0.2, -0.15) is 4.31 Å². The van der Waals surface area contributed by atoms with Crippen molar-refractivity contribution < 1.29 is 18.6 Å². The maximum Gasteiger partial charge on any atom is 0.243 e. The summed E-state index contributed by atoms with van der Waals surface area (Å²) in [6.45, 7) is 2.77. The van der Waals surface area contributed by atoms with Crippen molar-refractivity contribution in [2.24, 2.45) is 0 Å². The number of sulfonamides is 1. The van der Waals surface area contributed by atoms with Gasteiger partial charge in [0.05, 0.1) is 17.0 Å². The Bertz CT molecular complexity index is 609. The minimum atomic E-state index is -3.67. The summed E-state index contributed by atoms with van der Waals surface area (Å²) in [4.78, 5) is 0.135. The van der Waals surface area contributed by atoms with E-state index >= 15 is 0 Å². The average molecular weight is 297 g/mol. The van der Waals surface area contributed by atoms with Gasteiger partial charge in [0.25, 0.3) is 0 Å². The lowest BCUT2D eigenvalue weighted by molar-refractivity contribution is 0.138. The molecule has 0 aliphatic rings. The Morgan fingerprint density at radius 2 is 1.75 bits per heavy atom. The zero-order chi connectivity index (χ0) is 15.4. The first-order valence-electron chi connectivity index (χ1n) is 6.05. The van der Waals surface area contributed by atoms with Crippen LogP contribution in [0.5, 0.6) is 0 Å². The van der Waals surface area contributed by atoms with Crippen molar-refractivity contribution in [2.45, 2.75) is 24.3 Å². The molecule has 0 fully saturated rings. The van der Waals surface area contributed by atoms with Gasteiger partial charge in [-0.1, -0.05) is 11.8 Å². The Morgan fingerprint density at radius 3 is 2.20 bits per heavy atom. The van der Waals surface area contributed by atoms with E-state index in [9.17, 15) is 13.5 Å². The molecule has 6 heteroatoms. The molecule has 0 amide bonds. The molecule has 0 aromatic heterocycles. The van der Waals surface area contributed by atoms with Crippen LogP contribution in [0.1, 0.15) is 19.4 Å². The molecule has 0 atom stereocenters. The highest BCUT2D eigenvalue weighted by molar-refractivity contribution is 7.89. The van der Waals surface area contributed by atoms with Crippen molar-refractivity contribution in [1.82, 2.24) is 4.31 Å². The highest BCUT2D eigenvalue weighted by Gasteiger charge is 2.33. The van der Waals surface area contributed by atoms with E-state index in [0.717, 1.165) is 4.31 Å². The van der Waals surface area contributed by atoms with E-state index in [1.807, 2.05) is 0 Å². The van der Waals surface area contributed by atoms with E-state index in [1.54, 1.807) is 26.0 Å². The summed E-state index contributed by atoms with van der Waals surface area (Å²) in [6, 6.07) is 6.08. The van der Waals surface area contributed by atoms with Gasteiger partial charge in [0.2, 0.25) is 10.0 Å². The lowest BCUT2D eigenvalue weighted by Crippen LogP contribution is -2.47. The first-order valence-corrected chi connectivity index (χ1v) is 7.49. The van der Waals surface area contributed by atoms with Gasteiger partial charge >= 0.3 is 0 Å². The third kappa shape index (κ3) is 3.58. The van der Waals surface area contributed by atoms with Gasteiger partial charge in [0.1, 0.15) is 6.61 Å². The fraction of sp³-hybridized carbons (Fsp3) is 0.429. The molecule has 0 bridgehead atoms. The molecule has 0 radical (unpaired) electrons. The van der Waals surface area contributed by atoms with Crippen LogP contribution in [0.15, 0.2) is 29.2 Å². The minimum Gasteiger partial charge on any atom is -0.394 e. The largest absolute Gasteiger partial charge is 0.394 e. The van der Waals surface area contributed by atoms with Gasteiger partial charge < -0.3 is 10.2 Å². The minimum absolute atomic E-state index is 0.135. The second kappa shape index (κ2) is 6.37. The number of aliphatic hydroxyl groups excluding tert-OH is 2. The molecule has 0 spiro atoms. The molecule has 0 aliphatic heterocycles. The smallest absolute Gasteiger partial charge is 0.243 e. The van der Waals surface area contributed by atoms with Crippen LogP contribution in [0.4, 0.5) is 0 Å². The molecule has 1 aromatic carbocycles. The molecule has 2 N–H and O–H groups in total. The highest BCUT2D eigenvalue weighted by Crippen LogP contribution is 2.22. The van der Waals surface area contributed by atoms with Crippen LogP contribution in [0, 0.1) is 11.8 Å². The highest BCUT2D eigenvalue weighted by atomic mass is 32.2. The lowest BCUT2D eigenvalue weighted by atomic mass is 10.1. The molecule has 0 aliphatic carbocycles. The number of benzene rings is 1. The van der Waals surface area contributed by atoms with Crippen LogP contribution in [0.25, 0.3) is 0 Å². The first-order chi connectivity index (χ1) is 9.25. The van der Waals surface area contributed by atoms with Gasteiger partial charge in [-0.25, -0.2) is 8.42 Å². The fourth-order valence-electron chi connectivity index (χ4n) is 1.43. The van der Waals surface area contributed by atoms with Crippen LogP contribution in [-0.2, 0) is 10.0 Å². The lowest BCUT2D eigenvalue weighted by Gasteiger charge is -2.32. The summed E-state index contributed by atoms with van der Waals surface area (Å²) >= 11 is 0. The number of hydrogen-bond donors (Lipinski definition) is 2. The van der Waals surface area contributed by atoms with Crippen LogP contribution in [-0.4, -0.2) is 48.7 Å². The number of hydrogen-bond acceptors (Lipinski definition) is 4. The van der Waals surface area contributed by atoms with E-state index in [1.165, 1.54) is 19.2 Å². The van der Waals surface area contributed by atoms with Crippen molar-refractivity contribution in [3.63, 3.8) is 0 Å². The Kier molecular flexibility index (Phi) is 5.31. The Balaban J connectivity index is 3.11. The van der Waals surface area contributed by atoms with Gasteiger partial charge in [-0.15, -0.1) is 0 Å². The number of aliphatic hydroxyl groups is 2. The zero-order valence-corrected chi connectivity index (χ0v) is 12.6. The van der Waals surface area contributed by atoms with E-state index in [-0.39, 0.29) is 18.1 Å². The number of nitrogens with zero attached hydrogens (tertiary/aromatic N) is 1. The van der Waals surface area contributed by atoms with Crippen molar-refractivity contribution in [3.8, 4) is 11.8 Å². The van der Waals surface area contributed by atoms with Gasteiger partial charge in [-0.05, 0) is 38.1 Å². The molecular weight excluding hydrogens is 278 g/mol. The fourth-order valence-corrected chi connectivity index (χ4v) is 2.94. The molecule has 0 unspecified atom stereocenters. The molecule has 110 valence electrons. The SMILES string of the molecule is CN(C(C)(C)CO)S(=O)(=O)c1ccc(C#CCO)cc1. The molecular formula is C14H19NO4S. The van der Waals surface area contributed by atoms with Crippen molar-refractivity contribution in [3.05, 3.63) is 29.8 Å². The Hall–Kier alpha value is -1.39. The summed E-state index contributed by atoms with van der Waals surface area (Å²) in [7, 11) is -2.23. The van der Waals surface area contributed by atoms with Crippen LogP contribution in [0.2, 0.25) is 0 Å². The van der Waals surface area contributed by atoms with Gasteiger partial charge in [-0.3, -0.25) is 0 Å². The zero-order valence-electron chi connectivity index (χ0n) is 11.8. The Labute approximate surface area is 119 Å². The number of likely N-dealkylation sites (N-methyl/N-ethyl adjacent to an activating group) is 1. The summed E-state index contributed by atoms with van der Waals surface area (Å²) in [6.07, 6.45) is 0. The monoisotopic (exact) mass is 297 g/mol. The predicted octanol–water partition coefficient (Wildman–Crippen LogP) is 0.422. The topological polar surface area (TPSA) is 77.8 Å². The maximum atomic E-state index is 12.4. The molecule has 1 rings (SSSR count). The quantitative estimate of drug-likeness (QED) is 0.790. The molecule has 20 heavy (non-hydrogen) atoms. The van der Waals surface area contributed by atoms with E-state index in [2.05, 4.69) is 11.8 Å². The maximum absolute atomic E-state index is 12.4. The molecule has 5 nitrogen and oxygen atoms in total. The van der Waals surface area contributed by atoms with Gasteiger partial charge in [0.15, 0.2) is 0 Å². The van der Waals surface area contributed by atoms with Crippen LogP contribution in [0.3, 0.4) is 0 Å². The van der Waals surface area contributed by atoms with E-state index < -0.39 is 15.6 Å². The summed E-state index contributed by atoms with van der Waals surface area (Å²) < 4.78 is 26.0. The second-order valence-electron chi connectivity index (χ2n) is 4.93. The third-order valence-electron chi connectivity index (χ3n) is 3.06. The van der Waals surface area contributed by atoms with Crippen molar-refractivity contribution in [2.75, 3.05) is 20.3 Å². The number of rotatable bonds is 4. The van der Waals surface area contributed by atoms with Crippen LogP contribution >= 0.6 is 0 Å². The normalized spacial score (nSPS) is 12.1. The molecule has 0 saturated carbocycles. The van der Waals surface area contributed by atoms with Gasteiger partial charge in [0, 0.05) is 12.6 Å².